The van der Waals surface area contributed by atoms with Gasteiger partial charge in [-0.05, 0) is 18.6 Å². The second-order valence-electron chi connectivity index (χ2n) is 4.73. The van der Waals surface area contributed by atoms with Crippen molar-refractivity contribution in [2.75, 3.05) is 0 Å². The second-order valence-corrected chi connectivity index (χ2v) is 4.73. The van der Waals surface area contributed by atoms with Gasteiger partial charge in [0.05, 0.1) is 5.52 Å². The molecule has 102 valence electrons. The molecule has 0 aliphatic carbocycles. The number of fused-ring (bicyclic) bond motifs is 1. The van der Waals surface area contributed by atoms with Crippen LogP contribution in [0.25, 0.3) is 11.1 Å². The normalized spacial score (nSPS) is 11.0. The van der Waals surface area contributed by atoms with E-state index in [1.807, 2.05) is 0 Å². The lowest BCUT2D eigenvalue weighted by Gasteiger charge is -2.01. The minimum atomic E-state index is -0.584. The fraction of sp³-hybridized carbons (Fsp3) is 0.467. The summed E-state index contributed by atoms with van der Waals surface area (Å²) in [5.41, 5.74) is 1.03. The van der Waals surface area contributed by atoms with Crippen LogP contribution in [0.3, 0.4) is 0 Å². The maximum absolute atomic E-state index is 12.1. The standard InChI is InChI=1S/C15H19NO3/c1-2-3-4-5-6-11-14(17)16-12-9-7-8-10-13(12)19-15(16)18/h7-10H,2-6,11H2,1H3. The van der Waals surface area contributed by atoms with Crippen LogP contribution in [0.15, 0.2) is 33.5 Å². The fourth-order valence-corrected chi connectivity index (χ4v) is 2.19. The van der Waals surface area contributed by atoms with Gasteiger partial charge in [-0.2, -0.15) is 0 Å². The molecule has 2 aromatic rings. The summed E-state index contributed by atoms with van der Waals surface area (Å²) in [6.45, 7) is 2.16. The van der Waals surface area contributed by atoms with Crippen molar-refractivity contribution in [1.82, 2.24) is 4.57 Å². The van der Waals surface area contributed by atoms with E-state index in [-0.39, 0.29) is 5.91 Å². The molecule has 0 aliphatic heterocycles. The number of carbonyl (C=O) groups excluding carboxylic acids is 1. The molecule has 0 amide bonds. The molecule has 1 aromatic heterocycles. The Morgan fingerprint density at radius 3 is 2.68 bits per heavy atom. The van der Waals surface area contributed by atoms with Gasteiger partial charge >= 0.3 is 5.76 Å². The summed E-state index contributed by atoms with van der Waals surface area (Å²) in [6.07, 6.45) is 5.77. The van der Waals surface area contributed by atoms with Crippen molar-refractivity contribution in [3.05, 3.63) is 34.8 Å². The number of oxazole rings is 1. The van der Waals surface area contributed by atoms with Crippen LogP contribution in [0.2, 0.25) is 0 Å². The van der Waals surface area contributed by atoms with E-state index in [0.29, 0.717) is 17.5 Å². The molecule has 0 radical (unpaired) electrons. The third-order valence-electron chi connectivity index (χ3n) is 3.23. The molecular formula is C15H19NO3. The highest BCUT2D eigenvalue weighted by Gasteiger charge is 2.14. The zero-order chi connectivity index (χ0) is 13.7. The van der Waals surface area contributed by atoms with Crippen LogP contribution in [-0.4, -0.2) is 10.5 Å². The smallest absolute Gasteiger partial charge is 0.407 e. The van der Waals surface area contributed by atoms with Crippen LogP contribution >= 0.6 is 0 Å². The molecule has 0 N–H and O–H groups in total. The largest absolute Gasteiger partial charge is 0.426 e. The molecule has 4 nitrogen and oxygen atoms in total. The number of nitrogens with zero attached hydrogens (tertiary/aromatic N) is 1. The SMILES string of the molecule is CCCCCCCC(=O)n1c(=O)oc2ccccc21. The van der Waals surface area contributed by atoms with Crippen molar-refractivity contribution in [3.8, 4) is 0 Å². The van der Waals surface area contributed by atoms with Gasteiger partial charge in [-0.1, -0.05) is 44.7 Å². The summed E-state index contributed by atoms with van der Waals surface area (Å²) in [5.74, 6) is -0.758. The molecule has 19 heavy (non-hydrogen) atoms. The Morgan fingerprint density at radius 2 is 1.89 bits per heavy atom. The summed E-state index contributed by atoms with van der Waals surface area (Å²) in [6, 6.07) is 7.00. The Morgan fingerprint density at radius 1 is 1.16 bits per heavy atom. The Hall–Kier alpha value is -1.84. The van der Waals surface area contributed by atoms with Crippen LogP contribution in [0.4, 0.5) is 0 Å². The number of hydrogen-bond donors (Lipinski definition) is 0. The Balaban J connectivity index is 2.05. The third kappa shape index (κ3) is 3.13. The number of carbonyl (C=O) groups is 1. The zero-order valence-electron chi connectivity index (χ0n) is 11.2. The Bertz CT molecular complexity index is 609. The van der Waals surface area contributed by atoms with Gasteiger partial charge in [0, 0.05) is 6.42 Å². The average Bonchev–Trinajstić information content (AvgIpc) is 2.74. The van der Waals surface area contributed by atoms with Crippen LogP contribution < -0.4 is 5.76 Å². The molecule has 1 heterocycles. The van der Waals surface area contributed by atoms with Gasteiger partial charge in [0.2, 0.25) is 5.91 Å². The first-order chi connectivity index (χ1) is 9.24. The minimum absolute atomic E-state index is 0.175. The lowest BCUT2D eigenvalue weighted by atomic mass is 10.1. The minimum Gasteiger partial charge on any atom is -0.407 e. The number of rotatable bonds is 6. The highest BCUT2D eigenvalue weighted by Crippen LogP contribution is 2.13. The number of benzene rings is 1. The lowest BCUT2D eigenvalue weighted by Crippen LogP contribution is -2.22. The molecule has 4 heteroatoms. The molecule has 2 rings (SSSR count). The van der Waals surface area contributed by atoms with Gasteiger partial charge in [-0.25, -0.2) is 9.36 Å². The molecule has 1 aromatic carbocycles. The van der Waals surface area contributed by atoms with Gasteiger partial charge in [-0.15, -0.1) is 0 Å². The van der Waals surface area contributed by atoms with Gasteiger partial charge < -0.3 is 4.42 Å². The number of unbranched alkanes of at least 4 members (excludes halogenated alkanes) is 4. The van der Waals surface area contributed by atoms with Gasteiger partial charge in [0.1, 0.15) is 0 Å². The van der Waals surface area contributed by atoms with E-state index in [9.17, 15) is 9.59 Å². The monoisotopic (exact) mass is 261 g/mol. The van der Waals surface area contributed by atoms with Crippen molar-refractivity contribution < 1.29 is 9.21 Å². The van der Waals surface area contributed by atoms with Crippen molar-refractivity contribution in [2.45, 2.75) is 45.4 Å². The molecule has 0 saturated heterocycles. The van der Waals surface area contributed by atoms with Crippen LogP contribution in [0.5, 0.6) is 0 Å². The van der Waals surface area contributed by atoms with Gasteiger partial charge in [-0.3, -0.25) is 4.79 Å². The highest BCUT2D eigenvalue weighted by atomic mass is 16.4. The summed E-state index contributed by atoms with van der Waals surface area (Å²) < 4.78 is 6.20. The molecule has 0 unspecified atom stereocenters. The first kappa shape index (κ1) is 13.6. The van der Waals surface area contributed by atoms with E-state index >= 15 is 0 Å². The van der Waals surface area contributed by atoms with E-state index in [1.54, 1.807) is 24.3 Å². The van der Waals surface area contributed by atoms with Crippen LogP contribution in [-0.2, 0) is 0 Å². The topological polar surface area (TPSA) is 52.2 Å². The van der Waals surface area contributed by atoms with Crippen molar-refractivity contribution in [3.63, 3.8) is 0 Å². The molecule has 0 saturated carbocycles. The van der Waals surface area contributed by atoms with E-state index < -0.39 is 5.76 Å². The van der Waals surface area contributed by atoms with Crippen molar-refractivity contribution in [1.29, 1.82) is 0 Å². The predicted molar refractivity (Wildman–Crippen MR) is 74.5 cm³/mol. The highest BCUT2D eigenvalue weighted by molar-refractivity contribution is 5.88. The molecule has 0 spiro atoms. The van der Waals surface area contributed by atoms with Crippen molar-refractivity contribution >= 4 is 17.0 Å². The number of para-hydroxylation sites is 2. The lowest BCUT2D eigenvalue weighted by molar-refractivity contribution is 0.0895. The molecular weight excluding hydrogens is 242 g/mol. The van der Waals surface area contributed by atoms with Crippen LogP contribution in [0.1, 0.15) is 50.2 Å². The quantitative estimate of drug-likeness (QED) is 0.746. The van der Waals surface area contributed by atoms with Crippen LogP contribution in [0, 0.1) is 0 Å². The molecule has 0 bridgehead atoms. The third-order valence-corrected chi connectivity index (χ3v) is 3.23. The second kappa shape index (κ2) is 6.36. The summed E-state index contributed by atoms with van der Waals surface area (Å²) >= 11 is 0. The molecule has 0 fully saturated rings. The number of aromatic nitrogens is 1. The molecule has 0 atom stereocenters. The van der Waals surface area contributed by atoms with E-state index in [1.165, 1.54) is 12.8 Å². The first-order valence-electron chi connectivity index (χ1n) is 6.88. The Labute approximate surface area is 112 Å². The fourth-order valence-electron chi connectivity index (χ4n) is 2.19. The predicted octanol–water partition coefficient (Wildman–Crippen LogP) is 3.60. The summed E-state index contributed by atoms with van der Waals surface area (Å²) in [5, 5.41) is 0. The first-order valence-corrected chi connectivity index (χ1v) is 6.88. The maximum atomic E-state index is 12.1. The van der Waals surface area contributed by atoms with Gasteiger partial charge in [0.25, 0.3) is 0 Å². The average molecular weight is 261 g/mol. The van der Waals surface area contributed by atoms with E-state index in [2.05, 4.69) is 6.92 Å². The Kier molecular flexibility index (Phi) is 4.55. The van der Waals surface area contributed by atoms with E-state index in [4.69, 9.17) is 4.42 Å². The summed E-state index contributed by atoms with van der Waals surface area (Å²) in [4.78, 5) is 23.8. The van der Waals surface area contributed by atoms with Crippen molar-refractivity contribution in [2.24, 2.45) is 0 Å². The summed E-state index contributed by atoms with van der Waals surface area (Å²) in [7, 11) is 0. The van der Waals surface area contributed by atoms with E-state index in [0.717, 1.165) is 23.8 Å². The molecule has 0 aliphatic rings. The van der Waals surface area contributed by atoms with Gasteiger partial charge in [0.15, 0.2) is 5.58 Å². The maximum Gasteiger partial charge on any atom is 0.426 e. The number of hydrogen-bond acceptors (Lipinski definition) is 3. The zero-order valence-corrected chi connectivity index (χ0v) is 11.2.